The third kappa shape index (κ3) is 3.27. The Bertz CT molecular complexity index is 360. The summed E-state index contributed by atoms with van der Waals surface area (Å²) in [6.07, 6.45) is 11.3. The van der Waals surface area contributed by atoms with Gasteiger partial charge in [-0.15, -0.1) is 0 Å². The summed E-state index contributed by atoms with van der Waals surface area (Å²) >= 11 is 0. The molecular weight excluding hydrogens is 222 g/mol. The fourth-order valence-electron chi connectivity index (χ4n) is 2.99. The van der Waals surface area contributed by atoms with Crippen LogP contribution in [0.25, 0.3) is 0 Å². The van der Waals surface area contributed by atoms with E-state index in [2.05, 4.69) is 23.4 Å². The van der Waals surface area contributed by atoms with E-state index < -0.39 is 0 Å². The molecule has 0 aliphatic heterocycles. The highest BCUT2D eigenvalue weighted by Crippen LogP contribution is 2.33. The lowest BCUT2D eigenvalue weighted by Crippen LogP contribution is -2.10. The van der Waals surface area contributed by atoms with Crippen LogP contribution in [0.5, 0.6) is 0 Å². The number of hydrogen-bond acceptors (Lipinski definition) is 2. The van der Waals surface area contributed by atoms with E-state index in [9.17, 15) is 0 Å². The van der Waals surface area contributed by atoms with Crippen molar-refractivity contribution in [3.8, 4) is 0 Å². The van der Waals surface area contributed by atoms with Crippen molar-refractivity contribution in [3.63, 3.8) is 0 Å². The second kappa shape index (κ2) is 6.26. The molecule has 1 aromatic heterocycles. The van der Waals surface area contributed by atoms with E-state index in [0.29, 0.717) is 11.8 Å². The Balaban J connectivity index is 2.08. The molecule has 0 saturated heterocycles. The van der Waals surface area contributed by atoms with Gasteiger partial charge < -0.3 is 10.3 Å². The molecule has 1 aliphatic rings. The van der Waals surface area contributed by atoms with Crippen LogP contribution >= 0.6 is 0 Å². The van der Waals surface area contributed by atoms with Gasteiger partial charge in [-0.05, 0) is 18.8 Å². The van der Waals surface area contributed by atoms with E-state index in [1.165, 1.54) is 44.9 Å². The monoisotopic (exact) mass is 249 g/mol. The quantitative estimate of drug-likeness (QED) is 0.881. The number of hydrogen-bond donors (Lipinski definition) is 1. The number of nitrogens with two attached hydrogens (primary N) is 1. The number of rotatable bonds is 3. The van der Waals surface area contributed by atoms with Crippen molar-refractivity contribution in [2.24, 2.45) is 5.92 Å². The van der Waals surface area contributed by atoms with Crippen LogP contribution in [-0.2, 0) is 6.54 Å². The third-order valence-electron chi connectivity index (χ3n) is 3.96. The van der Waals surface area contributed by atoms with E-state index >= 15 is 0 Å². The van der Waals surface area contributed by atoms with E-state index in [-0.39, 0.29) is 0 Å². The molecule has 0 bridgehead atoms. The fraction of sp³-hybridized carbons (Fsp3) is 0.800. The summed E-state index contributed by atoms with van der Waals surface area (Å²) in [5, 5.41) is 0. The van der Waals surface area contributed by atoms with Gasteiger partial charge in [0.2, 0.25) is 0 Å². The second-order valence-corrected chi connectivity index (χ2v) is 6.10. The van der Waals surface area contributed by atoms with Crippen molar-refractivity contribution < 1.29 is 0 Å². The van der Waals surface area contributed by atoms with Gasteiger partial charge >= 0.3 is 0 Å². The summed E-state index contributed by atoms with van der Waals surface area (Å²) in [7, 11) is 0. The molecule has 18 heavy (non-hydrogen) atoms. The second-order valence-electron chi connectivity index (χ2n) is 6.10. The fourth-order valence-corrected chi connectivity index (χ4v) is 2.99. The van der Waals surface area contributed by atoms with Gasteiger partial charge in [0.15, 0.2) is 0 Å². The predicted octanol–water partition coefficient (Wildman–Crippen LogP) is 3.95. The van der Waals surface area contributed by atoms with E-state index in [0.717, 1.165) is 18.1 Å². The summed E-state index contributed by atoms with van der Waals surface area (Å²) in [4.78, 5) is 4.60. The molecule has 2 N–H and O–H groups in total. The Labute approximate surface area is 111 Å². The molecule has 3 nitrogen and oxygen atoms in total. The van der Waals surface area contributed by atoms with Gasteiger partial charge in [0, 0.05) is 12.5 Å². The van der Waals surface area contributed by atoms with Crippen LogP contribution in [0.15, 0.2) is 6.33 Å². The van der Waals surface area contributed by atoms with Gasteiger partial charge in [-0.1, -0.05) is 46.0 Å². The zero-order valence-electron chi connectivity index (χ0n) is 11.9. The first-order valence-electron chi connectivity index (χ1n) is 7.49. The largest absolute Gasteiger partial charge is 0.384 e. The Kier molecular flexibility index (Phi) is 4.67. The van der Waals surface area contributed by atoms with Gasteiger partial charge in [0.05, 0.1) is 12.0 Å². The molecule has 0 atom stereocenters. The van der Waals surface area contributed by atoms with Crippen molar-refractivity contribution in [1.29, 1.82) is 0 Å². The molecule has 102 valence electrons. The zero-order chi connectivity index (χ0) is 13.0. The molecule has 1 fully saturated rings. The van der Waals surface area contributed by atoms with Gasteiger partial charge in [0.1, 0.15) is 5.82 Å². The summed E-state index contributed by atoms with van der Waals surface area (Å²) in [6.45, 7) is 5.41. The average Bonchev–Trinajstić information content (AvgIpc) is 2.60. The Morgan fingerprint density at radius 2 is 1.83 bits per heavy atom. The van der Waals surface area contributed by atoms with Crippen LogP contribution in [0.1, 0.15) is 70.4 Å². The van der Waals surface area contributed by atoms with Crippen LogP contribution in [0, 0.1) is 5.92 Å². The standard InChI is InChI=1S/C15H27N3/c1-12(2)10-18-11-17-14(15(18)16)13-8-6-4-3-5-7-9-13/h11-13H,3-10,16H2,1-2H3. The molecule has 0 amide bonds. The van der Waals surface area contributed by atoms with E-state index in [1.54, 1.807) is 0 Å². The van der Waals surface area contributed by atoms with E-state index in [1.807, 2.05) is 6.33 Å². The maximum absolute atomic E-state index is 6.27. The molecule has 0 radical (unpaired) electrons. The molecule has 2 rings (SSSR count). The lowest BCUT2D eigenvalue weighted by atomic mass is 9.89. The van der Waals surface area contributed by atoms with Gasteiger partial charge in [0.25, 0.3) is 0 Å². The lowest BCUT2D eigenvalue weighted by Gasteiger charge is -2.19. The highest BCUT2D eigenvalue weighted by atomic mass is 15.1. The van der Waals surface area contributed by atoms with Gasteiger partial charge in [-0.25, -0.2) is 4.98 Å². The number of aromatic nitrogens is 2. The molecule has 0 aromatic carbocycles. The molecule has 3 heteroatoms. The lowest BCUT2D eigenvalue weighted by molar-refractivity contribution is 0.451. The average molecular weight is 249 g/mol. The summed E-state index contributed by atoms with van der Waals surface area (Å²) in [6, 6.07) is 0. The Morgan fingerprint density at radius 3 is 2.44 bits per heavy atom. The van der Waals surface area contributed by atoms with Crippen LogP contribution in [0.2, 0.25) is 0 Å². The topological polar surface area (TPSA) is 43.8 Å². The van der Waals surface area contributed by atoms with Crippen molar-refractivity contribution in [1.82, 2.24) is 9.55 Å². The molecule has 1 aliphatic carbocycles. The minimum absolute atomic E-state index is 0.596. The summed E-state index contributed by atoms with van der Waals surface area (Å²) < 4.78 is 2.12. The zero-order valence-corrected chi connectivity index (χ0v) is 11.9. The number of anilines is 1. The van der Waals surface area contributed by atoms with Crippen molar-refractivity contribution in [2.45, 2.75) is 71.3 Å². The predicted molar refractivity (Wildman–Crippen MR) is 76.5 cm³/mol. The third-order valence-corrected chi connectivity index (χ3v) is 3.96. The highest BCUT2D eigenvalue weighted by Gasteiger charge is 2.20. The Hall–Kier alpha value is -0.990. The molecule has 1 heterocycles. The minimum atomic E-state index is 0.596. The Morgan fingerprint density at radius 1 is 1.22 bits per heavy atom. The van der Waals surface area contributed by atoms with E-state index in [4.69, 9.17) is 5.73 Å². The first-order valence-corrected chi connectivity index (χ1v) is 7.49. The smallest absolute Gasteiger partial charge is 0.126 e. The van der Waals surface area contributed by atoms with Crippen molar-refractivity contribution in [3.05, 3.63) is 12.0 Å². The van der Waals surface area contributed by atoms with Crippen LogP contribution in [0.4, 0.5) is 5.82 Å². The minimum Gasteiger partial charge on any atom is -0.384 e. The maximum atomic E-state index is 6.27. The highest BCUT2D eigenvalue weighted by molar-refractivity contribution is 5.38. The maximum Gasteiger partial charge on any atom is 0.126 e. The first kappa shape index (κ1) is 13.4. The number of nitrogen functional groups attached to an aromatic ring is 1. The SMILES string of the molecule is CC(C)Cn1cnc(C2CCCCCCC2)c1N. The molecule has 1 saturated carbocycles. The molecule has 0 unspecified atom stereocenters. The van der Waals surface area contributed by atoms with Crippen LogP contribution < -0.4 is 5.73 Å². The van der Waals surface area contributed by atoms with Gasteiger partial charge in [-0.3, -0.25) is 0 Å². The summed E-state index contributed by atoms with van der Waals surface area (Å²) in [5.41, 5.74) is 7.44. The number of imidazole rings is 1. The molecular formula is C15H27N3. The first-order chi connectivity index (χ1) is 8.68. The molecule has 1 aromatic rings. The normalized spacial score (nSPS) is 18.8. The van der Waals surface area contributed by atoms with Crippen molar-refractivity contribution in [2.75, 3.05) is 5.73 Å². The van der Waals surface area contributed by atoms with Crippen molar-refractivity contribution >= 4 is 5.82 Å². The summed E-state index contributed by atoms with van der Waals surface area (Å²) in [5.74, 6) is 2.12. The number of nitrogens with zero attached hydrogens (tertiary/aromatic N) is 2. The molecule has 0 spiro atoms. The van der Waals surface area contributed by atoms with Gasteiger partial charge in [-0.2, -0.15) is 0 Å². The van der Waals surface area contributed by atoms with Crippen LogP contribution in [0.3, 0.4) is 0 Å². The van der Waals surface area contributed by atoms with Crippen LogP contribution in [-0.4, -0.2) is 9.55 Å².